The van der Waals surface area contributed by atoms with E-state index < -0.39 is 33.8 Å². The minimum atomic E-state index is -4.28. The Labute approximate surface area is 212 Å². The molecule has 192 valence electrons. The Balaban J connectivity index is 1.66. The molecule has 1 unspecified atom stereocenters. The standard InChI is InChI=1S/C25H23N3O8S/c1-16(29)26-18-5-11-22(12-6-18)37(33,34)27(15-21-4-3-13-35-21)23-14-24(31)28(25(23)32)19-7-9-20(10-8-19)36-17(2)30/h3-13,23H,14-15H2,1-2H3,(H,26,29). The van der Waals surface area contributed by atoms with Crippen molar-refractivity contribution in [1.29, 1.82) is 0 Å². The second kappa shape index (κ2) is 10.4. The van der Waals surface area contributed by atoms with E-state index in [9.17, 15) is 27.6 Å². The molecule has 0 aliphatic carbocycles. The maximum Gasteiger partial charge on any atom is 0.308 e. The molecule has 3 amide bonds. The van der Waals surface area contributed by atoms with E-state index in [0.29, 0.717) is 5.69 Å². The fourth-order valence-corrected chi connectivity index (χ4v) is 5.46. The summed E-state index contributed by atoms with van der Waals surface area (Å²) in [6.07, 6.45) is 0.995. The molecule has 1 aliphatic rings. The zero-order valence-electron chi connectivity index (χ0n) is 19.9. The third-order valence-electron chi connectivity index (χ3n) is 5.50. The molecule has 0 radical (unpaired) electrons. The number of nitrogens with zero attached hydrogens (tertiary/aromatic N) is 2. The van der Waals surface area contributed by atoms with Crippen molar-refractivity contribution in [1.82, 2.24) is 4.31 Å². The van der Waals surface area contributed by atoms with Crippen LogP contribution < -0.4 is 15.0 Å². The van der Waals surface area contributed by atoms with Crippen LogP contribution in [0.2, 0.25) is 0 Å². The molecule has 4 rings (SSSR count). The molecule has 11 nitrogen and oxygen atoms in total. The van der Waals surface area contributed by atoms with E-state index in [4.69, 9.17) is 9.15 Å². The van der Waals surface area contributed by atoms with Crippen LogP contribution >= 0.6 is 0 Å². The largest absolute Gasteiger partial charge is 0.468 e. The quantitative estimate of drug-likeness (QED) is 0.269. The predicted molar refractivity (Wildman–Crippen MR) is 131 cm³/mol. The van der Waals surface area contributed by atoms with Gasteiger partial charge in [0.2, 0.25) is 21.8 Å². The lowest BCUT2D eigenvalue weighted by Gasteiger charge is -2.26. The first-order valence-corrected chi connectivity index (χ1v) is 12.6. The van der Waals surface area contributed by atoms with Crippen LogP contribution in [0.5, 0.6) is 5.75 Å². The number of hydrogen-bond acceptors (Lipinski definition) is 8. The Bertz CT molecular complexity index is 1430. The fraction of sp³-hybridized carbons (Fsp3) is 0.200. The number of carbonyl (C=O) groups is 4. The predicted octanol–water partition coefficient (Wildman–Crippen LogP) is 2.69. The van der Waals surface area contributed by atoms with Crippen molar-refractivity contribution in [2.24, 2.45) is 0 Å². The highest BCUT2D eigenvalue weighted by Gasteiger charge is 2.47. The van der Waals surface area contributed by atoms with Crippen LogP contribution in [0.3, 0.4) is 0 Å². The van der Waals surface area contributed by atoms with Crippen LogP contribution in [0.1, 0.15) is 26.0 Å². The number of anilines is 2. The molecular weight excluding hydrogens is 502 g/mol. The molecule has 2 heterocycles. The number of furan rings is 1. The zero-order chi connectivity index (χ0) is 26.7. The van der Waals surface area contributed by atoms with Crippen LogP contribution in [0.4, 0.5) is 11.4 Å². The number of nitrogens with one attached hydrogen (secondary N) is 1. The lowest BCUT2D eigenvalue weighted by molar-refractivity contribution is -0.132. The summed E-state index contributed by atoms with van der Waals surface area (Å²) in [4.78, 5) is 49.6. The molecule has 1 fully saturated rings. The van der Waals surface area contributed by atoms with Crippen molar-refractivity contribution < 1.29 is 36.7 Å². The highest BCUT2D eigenvalue weighted by molar-refractivity contribution is 7.89. The lowest BCUT2D eigenvalue weighted by atomic mass is 10.2. The molecule has 1 saturated heterocycles. The normalized spacial score (nSPS) is 15.8. The van der Waals surface area contributed by atoms with Gasteiger partial charge in [0.1, 0.15) is 17.6 Å². The number of benzene rings is 2. The van der Waals surface area contributed by atoms with Gasteiger partial charge >= 0.3 is 5.97 Å². The number of esters is 1. The molecule has 1 aliphatic heterocycles. The van der Waals surface area contributed by atoms with E-state index >= 15 is 0 Å². The molecule has 0 saturated carbocycles. The third-order valence-corrected chi connectivity index (χ3v) is 7.37. The average Bonchev–Trinajstić information content (AvgIpc) is 3.45. The number of rotatable bonds is 8. The second-order valence-corrected chi connectivity index (χ2v) is 10.1. The molecule has 2 aromatic carbocycles. The summed E-state index contributed by atoms with van der Waals surface area (Å²) in [5, 5.41) is 2.56. The summed E-state index contributed by atoms with van der Waals surface area (Å²) in [6.45, 7) is 2.28. The number of imide groups is 1. The summed E-state index contributed by atoms with van der Waals surface area (Å²) in [7, 11) is -4.28. The fourth-order valence-electron chi connectivity index (χ4n) is 3.91. The van der Waals surface area contributed by atoms with Gasteiger partial charge in [-0.2, -0.15) is 4.31 Å². The molecule has 12 heteroatoms. The van der Waals surface area contributed by atoms with Gasteiger partial charge in [0.25, 0.3) is 5.91 Å². The van der Waals surface area contributed by atoms with E-state index in [0.717, 1.165) is 9.21 Å². The van der Waals surface area contributed by atoms with Gasteiger partial charge in [-0.25, -0.2) is 13.3 Å². The smallest absolute Gasteiger partial charge is 0.308 e. The summed E-state index contributed by atoms with van der Waals surface area (Å²) in [5.41, 5.74) is 0.614. The minimum absolute atomic E-state index is 0.127. The Kier molecular flexibility index (Phi) is 7.23. The van der Waals surface area contributed by atoms with Gasteiger partial charge in [-0.05, 0) is 60.7 Å². The van der Waals surface area contributed by atoms with E-state index in [2.05, 4.69) is 5.32 Å². The average molecular weight is 526 g/mol. The van der Waals surface area contributed by atoms with Crippen molar-refractivity contribution in [3.8, 4) is 5.75 Å². The summed E-state index contributed by atoms with van der Waals surface area (Å²) >= 11 is 0. The van der Waals surface area contributed by atoms with Crippen LogP contribution in [0.15, 0.2) is 76.2 Å². The summed E-state index contributed by atoms with van der Waals surface area (Å²) < 4.78 is 38.6. The van der Waals surface area contributed by atoms with Crippen molar-refractivity contribution in [3.63, 3.8) is 0 Å². The summed E-state index contributed by atoms with van der Waals surface area (Å²) in [5.74, 6) is -1.64. The molecule has 1 N–H and O–H groups in total. The van der Waals surface area contributed by atoms with Crippen LogP contribution in [-0.4, -0.2) is 42.5 Å². The SMILES string of the molecule is CC(=O)Nc1ccc(S(=O)(=O)N(Cc2ccco2)C2CC(=O)N(c3ccc(OC(C)=O)cc3)C2=O)cc1. The molecule has 0 spiro atoms. The summed E-state index contributed by atoms with van der Waals surface area (Å²) in [6, 6.07) is 13.0. The van der Waals surface area contributed by atoms with E-state index in [-0.39, 0.29) is 41.0 Å². The second-order valence-electron chi connectivity index (χ2n) is 8.21. The molecular formula is C25H23N3O8S. The van der Waals surface area contributed by atoms with Crippen LogP contribution in [0.25, 0.3) is 0 Å². The van der Waals surface area contributed by atoms with Gasteiger partial charge in [-0.15, -0.1) is 0 Å². The van der Waals surface area contributed by atoms with Crippen LogP contribution in [-0.2, 0) is 35.7 Å². The van der Waals surface area contributed by atoms with Gasteiger partial charge in [-0.1, -0.05) is 0 Å². The van der Waals surface area contributed by atoms with Gasteiger partial charge in [0.05, 0.1) is 29.8 Å². The number of sulfonamides is 1. The number of ether oxygens (including phenoxy) is 1. The first kappa shape index (κ1) is 25.8. The number of carbonyl (C=O) groups excluding carboxylic acids is 4. The highest BCUT2D eigenvalue weighted by Crippen LogP contribution is 2.32. The number of hydrogen-bond donors (Lipinski definition) is 1. The van der Waals surface area contributed by atoms with Gasteiger partial charge in [0.15, 0.2) is 0 Å². The Hall–Kier alpha value is -4.29. The van der Waals surface area contributed by atoms with E-state index in [1.54, 1.807) is 12.1 Å². The first-order valence-electron chi connectivity index (χ1n) is 11.1. The maximum absolute atomic E-state index is 13.7. The molecule has 1 atom stereocenters. The topological polar surface area (TPSA) is 143 Å². The lowest BCUT2D eigenvalue weighted by Crippen LogP contribution is -2.45. The van der Waals surface area contributed by atoms with Crippen molar-refractivity contribution in [3.05, 3.63) is 72.7 Å². The molecule has 3 aromatic rings. The third kappa shape index (κ3) is 5.60. The molecule has 37 heavy (non-hydrogen) atoms. The minimum Gasteiger partial charge on any atom is -0.468 e. The van der Waals surface area contributed by atoms with Crippen molar-refractivity contribution in [2.75, 3.05) is 10.2 Å². The Morgan fingerprint density at radius 3 is 2.30 bits per heavy atom. The Morgan fingerprint density at radius 1 is 1.05 bits per heavy atom. The number of amides is 3. The maximum atomic E-state index is 13.7. The van der Waals surface area contributed by atoms with E-state index in [1.165, 1.54) is 68.6 Å². The van der Waals surface area contributed by atoms with Gasteiger partial charge in [0, 0.05) is 19.5 Å². The van der Waals surface area contributed by atoms with Crippen molar-refractivity contribution >= 4 is 45.1 Å². The van der Waals surface area contributed by atoms with Crippen LogP contribution in [0, 0.1) is 0 Å². The molecule has 1 aromatic heterocycles. The zero-order valence-corrected chi connectivity index (χ0v) is 20.7. The first-order chi connectivity index (χ1) is 17.6. The van der Waals surface area contributed by atoms with Crippen molar-refractivity contribution in [2.45, 2.75) is 37.8 Å². The van der Waals surface area contributed by atoms with E-state index in [1.807, 2.05) is 0 Å². The van der Waals surface area contributed by atoms with Gasteiger partial charge < -0.3 is 14.5 Å². The Morgan fingerprint density at radius 2 is 1.73 bits per heavy atom. The highest BCUT2D eigenvalue weighted by atomic mass is 32.2. The monoisotopic (exact) mass is 525 g/mol. The van der Waals surface area contributed by atoms with Gasteiger partial charge in [-0.3, -0.25) is 19.2 Å². The molecule has 0 bridgehead atoms.